The number of aromatic nitrogens is 3. The molecule has 8 nitrogen and oxygen atoms in total. The lowest BCUT2D eigenvalue weighted by molar-refractivity contribution is -0.113. The van der Waals surface area contributed by atoms with Crippen molar-refractivity contribution in [2.45, 2.75) is 18.0 Å². The number of hydrogen-bond acceptors (Lipinski definition) is 9. The quantitative estimate of drug-likeness (QED) is 0.306. The normalized spacial score (nSPS) is 10.4. The van der Waals surface area contributed by atoms with Crippen molar-refractivity contribution in [3.8, 4) is 29.5 Å². The Balaban J connectivity index is 1.60. The van der Waals surface area contributed by atoms with Gasteiger partial charge in [-0.05, 0) is 24.6 Å². The predicted molar refractivity (Wildman–Crippen MR) is 130 cm³/mol. The third kappa shape index (κ3) is 4.87. The number of anilines is 1. The summed E-state index contributed by atoms with van der Waals surface area (Å²) in [6.45, 7) is 1.99. The number of benzene rings is 2. The molecule has 34 heavy (non-hydrogen) atoms. The second-order valence-corrected chi connectivity index (χ2v) is 9.08. The average Bonchev–Trinajstić information content (AvgIpc) is 3.25. The van der Waals surface area contributed by atoms with Crippen LogP contribution in [0, 0.1) is 40.9 Å². The van der Waals surface area contributed by atoms with Gasteiger partial charge in [0.15, 0.2) is 16.2 Å². The molecule has 1 amide bonds. The highest BCUT2D eigenvalue weighted by molar-refractivity contribution is 7.99. The molecule has 2 aromatic carbocycles. The van der Waals surface area contributed by atoms with Crippen LogP contribution in [-0.4, -0.2) is 26.6 Å². The molecular formula is C24H15N7OS2. The monoisotopic (exact) mass is 481 g/mol. The Morgan fingerprint density at radius 3 is 2.56 bits per heavy atom. The Labute approximate surface area is 203 Å². The molecule has 0 aliphatic rings. The molecular weight excluding hydrogens is 466 g/mol. The first-order valence-corrected chi connectivity index (χ1v) is 11.8. The minimum atomic E-state index is -1.24. The summed E-state index contributed by atoms with van der Waals surface area (Å²) < 4.78 is 0.981. The van der Waals surface area contributed by atoms with Crippen molar-refractivity contribution >= 4 is 44.4 Å². The summed E-state index contributed by atoms with van der Waals surface area (Å²) in [6, 6.07) is 20.6. The maximum Gasteiger partial charge on any atom is 0.236 e. The molecule has 0 spiro atoms. The van der Waals surface area contributed by atoms with Crippen LogP contribution in [-0.2, 0) is 4.79 Å². The summed E-state index contributed by atoms with van der Waals surface area (Å²) in [5.41, 5.74) is 2.98. The number of carbonyl (C=O) groups is 1. The molecule has 4 aromatic rings. The zero-order chi connectivity index (χ0) is 24.1. The largest absolute Gasteiger partial charge is 0.301 e. The number of thioether (sulfide) groups is 1. The molecule has 0 saturated heterocycles. The lowest BCUT2D eigenvalue weighted by Crippen LogP contribution is -2.14. The highest BCUT2D eigenvalue weighted by Crippen LogP contribution is 2.30. The Bertz CT molecular complexity index is 1500. The van der Waals surface area contributed by atoms with E-state index in [0.717, 1.165) is 27.5 Å². The van der Waals surface area contributed by atoms with Crippen LogP contribution in [0.2, 0.25) is 0 Å². The molecule has 2 aromatic heterocycles. The standard InChI is InChI=1S/C24H15N7OS2/c1-14-7-8-18-19(9-14)34-24(28-18)29-20(32)13-33-23-30-21(15-5-3-2-4-6-15)17(12-27)22(31-23)16(10-25)11-26/h2-9,16H,13H2,1H3,(H,28,29,32). The van der Waals surface area contributed by atoms with Gasteiger partial charge >= 0.3 is 0 Å². The minimum Gasteiger partial charge on any atom is -0.301 e. The van der Waals surface area contributed by atoms with Gasteiger partial charge in [0, 0.05) is 5.56 Å². The van der Waals surface area contributed by atoms with Crippen LogP contribution in [0.4, 0.5) is 5.13 Å². The van der Waals surface area contributed by atoms with Crippen molar-refractivity contribution in [2.75, 3.05) is 11.1 Å². The van der Waals surface area contributed by atoms with Gasteiger partial charge in [-0.3, -0.25) is 4.79 Å². The highest BCUT2D eigenvalue weighted by Gasteiger charge is 2.23. The molecule has 0 unspecified atom stereocenters. The first kappa shape index (κ1) is 22.9. The van der Waals surface area contributed by atoms with E-state index >= 15 is 0 Å². The van der Waals surface area contributed by atoms with E-state index in [2.05, 4.69) is 20.3 Å². The molecule has 0 atom stereocenters. The summed E-state index contributed by atoms with van der Waals surface area (Å²) in [5, 5.41) is 32.0. The van der Waals surface area contributed by atoms with Crippen LogP contribution >= 0.6 is 23.1 Å². The highest BCUT2D eigenvalue weighted by atomic mass is 32.2. The number of amides is 1. The summed E-state index contributed by atoms with van der Waals surface area (Å²) >= 11 is 2.44. The summed E-state index contributed by atoms with van der Waals surface area (Å²) in [6.07, 6.45) is 0. The first-order chi connectivity index (χ1) is 16.5. The molecule has 0 aliphatic heterocycles. The fourth-order valence-corrected chi connectivity index (χ4v) is 4.80. The number of fused-ring (bicyclic) bond motifs is 1. The van der Waals surface area contributed by atoms with E-state index in [1.54, 1.807) is 24.3 Å². The SMILES string of the molecule is Cc1ccc2nc(NC(=O)CSc3nc(-c4ccccc4)c(C#N)c(C(C#N)C#N)n3)sc2c1. The summed E-state index contributed by atoms with van der Waals surface area (Å²) in [7, 11) is 0. The second kappa shape index (κ2) is 10.1. The van der Waals surface area contributed by atoms with Crippen molar-refractivity contribution < 1.29 is 4.79 Å². The van der Waals surface area contributed by atoms with Crippen LogP contribution in [0.15, 0.2) is 53.7 Å². The van der Waals surface area contributed by atoms with Gasteiger partial charge in [0.25, 0.3) is 0 Å². The lowest BCUT2D eigenvalue weighted by Gasteiger charge is -2.11. The van der Waals surface area contributed by atoms with Crippen LogP contribution in [0.1, 0.15) is 22.7 Å². The van der Waals surface area contributed by atoms with E-state index < -0.39 is 5.92 Å². The first-order valence-electron chi connectivity index (χ1n) is 9.99. The fourth-order valence-electron chi connectivity index (χ4n) is 3.17. The number of nitrogens with zero attached hydrogens (tertiary/aromatic N) is 6. The number of carbonyl (C=O) groups excluding carboxylic acids is 1. The number of rotatable bonds is 6. The molecule has 0 saturated carbocycles. The van der Waals surface area contributed by atoms with E-state index in [1.165, 1.54) is 11.3 Å². The zero-order valence-electron chi connectivity index (χ0n) is 17.8. The molecule has 2 heterocycles. The average molecular weight is 482 g/mol. The Morgan fingerprint density at radius 2 is 1.85 bits per heavy atom. The van der Waals surface area contributed by atoms with E-state index in [0.29, 0.717) is 16.4 Å². The van der Waals surface area contributed by atoms with Crippen molar-refractivity contribution in [3.63, 3.8) is 0 Å². The molecule has 164 valence electrons. The summed E-state index contributed by atoms with van der Waals surface area (Å²) in [5.74, 6) is -1.55. The minimum absolute atomic E-state index is 0.0156. The van der Waals surface area contributed by atoms with Gasteiger partial charge in [-0.1, -0.05) is 59.5 Å². The second-order valence-electron chi connectivity index (χ2n) is 7.11. The van der Waals surface area contributed by atoms with E-state index in [4.69, 9.17) is 0 Å². The third-order valence-electron chi connectivity index (χ3n) is 4.73. The molecule has 0 bridgehead atoms. The van der Waals surface area contributed by atoms with Gasteiger partial charge in [-0.2, -0.15) is 15.8 Å². The van der Waals surface area contributed by atoms with Gasteiger partial charge < -0.3 is 5.32 Å². The van der Waals surface area contributed by atoms with Gasteiger partial charge in [-0.25, -0.2) is 15.0 Å². The van der Waals surface area contributed by atoms with E-state index in [1.807, 2.05) is 49.4 Å². The van der Waals surface area contributed by atoms with Gasteiger partial charge in [-0.15, -0.1) is 0 Å². The van der Waals surface area contributed by atoms with E-state index in [-0.39, 0.29) is 28.1 Å². The molecule has 0 aliphatic carbocycles. The predicted octanol–water partition coefficient (Wildman–Crippen LogP) is 4.79. The smallest absolute Gasteiger partial charge is 0.236 e. The van der Waals surface area contributed by atoms with Crippen LogP contribution in [0.5, 0.6) is 0 Å². The van der Waals surface area contributed by atoms with Gasteiger partial charge in [0.1, 0.15) is 11.6 Å². The fraction of sp³-hybridized carbons (Fsp3) is 0.125. The topological polar surface area (TPSA) is 139 Å². The number of nitrogens with one attached hydrogen (secondary N) is 1. The Kier molecular flexibility index (Phi) is 6.79. The summed E-state index contributed by atoms with van der Waals surface area (Å²) in [4.78, 5) is 25.7. The maximum atomic E-state index is 12.6. The van der Waals surface area contributed by atoms with Crippen molar-refractivity contribution in [3.05, 3.63) is 65.4 Å². The number of thiazole rings is 1. The lowest BCUT2D eigenvalue weighted by atomic mass is 9.99. The molecule has 4 rings (SSSR count). The Morgan fingerprint density at radius 1 is 1.09 bits per heavy atom. The number of aryl methyl sites for hydroxylation is 1. The van der Waals surface area contributed by atoms with Gasteiger partial charge in [0.2, 0.25) is 5.91 Å². The number of hydrogen-bond donors (Lipinski definition) is 1. The third-order valence-corrected chi connectivity index (χ3v) is 6.51. The zero-order valence-corrected chi connectivity index (χ0v) is 19.4. The molecule has 0 radical (unpaired) electrons. The molecule has 10 heteroatoms. The van der Waals surface area contributed by atoms with Crippen molar-refractivity contribution in [1.82, 2.24) is 15.0 Å². The van der Waals surface area contributed by atoms with Crippen molar-refractivity contribution in [2.24, 2.45) is 0 Å². The molecule has 0 fully saturated rings. The molecule has 1 N–H and O–H groups in total. The van der Waals surface area contributed by atoms with Crippen LogP contribution in [0.25, 0.3) is 21.5 Å². The Hall–Kier alpha value is -4.30. The van der Waals surface area contributed by atoms with Crippen LogP contribution < -0.4 is 5.32 Å². The van der Waals surface area contributed by atoms with Crippen molar-refractivity contribution in [1.29, 1.82) is 15.8 Å². The van der Waals surface area contributed by atoms with Gasteiger partial charge in [0.05, 0.1) is 39.5 Å². The number of nitriles is 3. The van der Waals surface area contributed by atoms with E-state index in [9.17, 15) is 20.6 Å². The maximum absolute atomic E-state index is 12.6. The van der Waals surface area contributed by atoms with Crippen LogP contribution in [0.3, 0.4) is 0 Å².